The van der Waals surface area contributed by atoms with Gasteiger partial charge in [-0.15, -0.1) is 11.3 Å². The van der Waals surface area contributed by atoms with E-state index in [-0.39, 0.29) is 12.1 Å². The van der Waals surface area contributed by atoms with E-state index in [1.807, 2.05) is 6.92 Å². The third-order valence-electron chi connectivity index (χ3n) is 2.76. The van der Waals surface area contributed by atoms with Crippen molar-refractivity contribution in [1.29, 1.82) is 0 Å². The largest absolute Gasteiger partial charge is 0.329 e. The van der Waals surface area contributed by atoms with Crippen LogP contribution in [0.25, 0.3) is 10.2 Å². The van der Waals surface area contributed by atoms with Gasteiger partial charge in [0.05, 0.1) is 29.5 Å². The lowest BCUT2D eigenvalue weighted by Gasteiger charge is -2.04. The van der Waals surface area contributed by atoms with Crippen molar-refractivity contribution in [2.75, 3.05) is 0 Å². The number of nitrogens with one attached hydrogen (secondary N) is 1. The highest BCUT2D eigenvalue weighted by molar-refractivity contribution is 7.16. The van der Waals surface area contributed by atoms with E-state index in [1.54, 1.807) is 23.8 Å². The lowest BCUT2D eigenvalue weighted by atomic mass is 10.4. The van der Waals surface area contributed by atoms with Gasteiger partial charge in [-0.2, -0.15) is 0 Å². The van der Waals surface area contributed by atoms with E-state index < -0.39 is 5.69 Å². The normalized spacial score (nSPS) is 11.0. The summed E-state index contributed by atoms with van der Waals surface area (Å²) in [6.07, 6.45) is 3.18. The van der Waals surface area contributed by atoms with Gasteiger partial charge in [-0.25, -0.2) is 4.79 Å². The summed E-state index contributed by atoms with van der Waals surface area (Å²) in [6, 6.07) is 1.70. The molecule has 0 aliphatic carbocycles. The zero-order valence-corrected chi connectivity index (χ0v) is 10.9. The first kappa shape index (κ1) is 11.8. The minimum atomic E-state index is -0.428. The molecule has 0 bridgehead atoms. The second kappa shape index (κ2) is 4.43. The van der Waals surface area contributed by atoms with Crippen molar-refractivity contribution in [3.05, 3.63) is 56.1 Å². The van der Waals surface area contributed by atoms with Crippen molar-refractivity contribution >= 4 is 21.6 Å². The van der Waals surface area contributed by atoms with Crippen LogP contribution in [0.15, 0.2) is 33.4 Å². The van der Waals surface area contributed by atoms with Crippen LogP contribution in [0, 0.1) is 6.92 Å². The van der Waals surface area contributed by atoms with Gasteiger partial charge in [0.15, 0.2) is 0 Å². The van der Waals surface area contributed by atoms with Crippen LogP contribution in [0.5, 0.6) is 0 Å². The maximum atomic E-state index is 12.2. The first-order valence-electron chi connectivity index (χ1n) is 5.63. The molecule has 0 aliphatic rings. The molecule has 0 fully saturated rings. The SMILES string of the molecule is Cc1cnc(Cn2c(=O)[nH]c3sccc3c2=O)cn1. The smallest absolute Gasteiger partial charge is 0.298 e. The lowest BCUT2D eigenvalue weighted by Crippen LogP contribution is -2.35. The van der Waals surface area contributed by atoms with E-state index in [4.69, 9.17) is 0 Å². The number of H-pyrrole nitrogens is 1. The predicted octanol–water partition coefficient (Wildman–Crippen LogP) is 0.898. The third-order valence-corrected chi connectivity index (χ3v) is 3.59. The summed E-state index contributed by atoms with van der Waals surface area (Å²) in [7, 11) is 0. The van der Waals surface area contributed by atoms with Crippen molar-refractivity contribution in [3.63, 3.8) is 0 Å². The summed E-state index contributed by atoms with van der Waals surface area (Å²) in [5, 5.41) is 2.29. The van der Waals surface area contributed by atoms with Crippen LogP contribution in [0.1, 0.15) is 11.4 Å². The van der Waals surface area contributed by atoms with Crippen LogP contribution < -0.4 is 11.2 Å². The van der Waals surface area contributed by atoms with E-state index in [1.165, 1.54) is 11.3 Å². The van der Waals surface area contributed by atoms with Gasteiger partial charge in [0.2, 0.25) is 0 Å². The minimum absolute atomic E-state index is 0.118. The molecular weight excluding hydrogens is 264 g/mol. The Balaban J connectivity index is 2.12. The minimum Gasteiger partial charge on any atom is -0.298 e. The third kappa shape index (κ3) is 2.08. The number of nitrogens with zero attached hydrogens (tertiary/aromatic N) is 3. The van der Waals surface area contributed by atoms with Gasteiger partial charge < -0.3 is 0 Å². The second-order valence-corrected chi connectivity index (χ2v) is 5.05. The monoisotopic (exact) mass is 274 g/mol. The molecule has 7 heteroatoms. The number of thiophene rings is 1. The van der Waals surface area contributed by atoms with E-state index in [2.05, 4.69) is 15.0 Å². The maximum absolute atomic E-state index is 12.2. The molecule has 3 aromatic heterocycles. The molecule has 1 N–H and O–H groups in total. The Morgan fingerprint density at radius 1 is 1.32 bits per heavy atom. The topological polar surface area (TPSA) is 80.6 Å². The number of hydrogen-bond donors (Lipinski definition) is 1. The Kier molecular flexibility index (Phi) is 2.75. The van der Waals surface area contributed by atoms with Crippen LogP contribution in [0.3, 0.4) is 0 Å². The number of hydrogen-bond acceptors (Lipinski definition) is 5. The van der Waals surface area contributed by atoms with Crippen LogP contribution in [0.4, 0.5) is 0 Å². The number of aromatic nitrogens is 4. The number of aromatic amines is 1. The highest BCUT2D eigenvalue weighted by atomic mass is 32.1. The molecule has 19 heavy (non-hydrogen) atoms. The van der Waals surface area contributed by atoms with Gasteiger partial charge in [0.25, 0.3) is 5.56 Å². The molecule has 3 heterocycles. The summed E-state index contributed by atoms with van der Waals surface area (Å²) < 4.78 is 1.13. The molecule has 0 spiro atoms. The van der Waals surface area contributed by atoms with Crippen molar-refractivity contribution in [2.45, 2.75) is 13.5 Å². The second-order valence-electron chi connectivity index (χ2n) is 4.13. The van der Waals surface area contributed by atoms with E-state index in [9.17, 15) is 9.59 Å². The summed E-state index contributed by atoms with van der Waals surface area (Å²) in [6.45, 7) is 1.94. The molecule has 0 saturated heterocycles. The molecule has 0 saturated carbocycles. The fourth-order valence-electron chi connectivity index (χ4n) is 1.78. The molecule has 0 aromatic carbocycles. The summed E-state index contributed by atoms with van der Waals surface area (Å²) in [4.78, 5) is 35.6. The Morgan fingerprint density at radius 2 is 2.16 bits per heavy atom. The standard InChI is InChI=1S/C12H10N4O2S/c1-7-4-14-8(5-13-7)6-16-11(17)9-2-3-19-10(9)15-12(16)18/h2-5H,6H2,1H3,(H,15,18). The van der Waals surface area contributed by atoms with Crippen molar-refractivity contribution < 1.29 is 0 Å². The Bertz CT molecular complexity index is 845. The Labute approximate surface area is 111 Å². The molecule has 3 rings (SSSR count). The van der Waals surface area contributed by atoms with Gasteiger partial charge in [-0.1, -0.05) is 0 Å². The van der Waals surface area contributed by atoms with E-state index in [0.29, 0.717) is 15.9 Å². The maximum Gasteiger partial charge on any atom is 0.329 e. The first-order chi connectivity index (χ1) is 9.15. The van der Waals surface area contributed by atoms with E-state index in [0.717, 1.165) is 10.3 Å². The summed E-state index contributed by atoms with van der Waals surface area (Å²) >= 11 is 1.34. The van der Waals surface area contributed by atoms with Crippen LogP contribution in [-0.2, 0) is 6.54 Å². The first-order valence-corrected chi connectivity index (χ1v) is 6.51. The average Bonchev–Trinajstić information content (AvgIpc) is 2.85. The summed E-state index contributed by atoms with van der Waals surface area (Å²) in [5.41, 5.74) is 0.635. The van der Waals surface area contributed by atoms with Crippen molar-refractivity contribution in [2.24, 2.45) is 0 Å². The molecule has 96 valence electrons. The van der Waals surface area contributed by atoms with Gasteiger partial charge in [0, 0.05) is 6.20 Å². The fraction of sp³-hybridized carbons (Fsp3) is 0.167. The molecular formula is C12H10N4O2S. The number of rotatable bonds is 2. The molecule has 3 aromatic rings. The Hall–Kier alpha value is -2.28. The van der Waals surface area contributed by atoms with Crippen LogP contribution >= 0.6 is 11.3 Å². The zero-order valence-electron chi connectivity index (χ0n) is 10.1. The quantitative estimate of drug-likeness (QED) is 0.752. The fourth-order valence-corrected chi connectivity index (χ4v) is 2.55. The Morgan fingerprint density at radius 3 is 2.89 bits per heavy atom. The number of fused-ring (bicyclic) bond motifs is 1. The van der Waals surface area contributed by atoms with Gasteiger partial charge in [0.1, 0.15) is 4.83 Å². The highest BCUT2D eigenvalue weighted by Gasteiger charge is 2.09. The zero-order chi connectivity index (χ0) is 13.4. The van der Waals surface area contributed by atoms with Gasteiger partial charge in [-0.05, 0) is 18.4 Å². The predicted molar refractivity (Wildman–Crippen MR) is 72.6 cm³/mol. The van der Waals surface area contributed by atoms with Crippen LogP contribution in [-0.4, -0.2) is 19.5 Å². The molecule has 0 radical (unpaired) electrons. The average molecular weight is 274 g/mol. The summed E-state index contributed by atoms with van der Waals surface area (Å²) in [5.74, 6) is 0. The van der Waals surface area contributed by atoms with E-state index >= 15 is 0 Å². The van der Waals surface area contributed by atoms with Gasteiger partial charge in [-0.3, -0.25) is 24.3 Å². The molecule has 0 amide bonds. The van der Waals surface area contributed by atoms with Gasteiger partial charge >= 0.3 is 5.69 Å². The molecule has 0 atom stereocenters. The highest BCUT2D eigenvalue weighted by Crippen LogP contribution is 2.12. The lowest BCUT2D eigenvalue weighted by molar-refractivity contribution is 0.693. The van der Waals surface area contributed by atoms with Crippen molar-refractivity contribution in [3.8, 4) is 0 Å². The molecule has 0 aliphatic heterocycles. The van der Waals surface area contributed by atoms with Crippen molar-refractivity contribution in [1.82, 2.24) is 19.5 Å². The van der Waals surface area contributed by atoms with Crippen LogP contribution in [0.2, 0.25) is 0 Å². The molecule has 0 unspecified atom stereocenters. The number of aryl methyl sites for hydroxylation is 1. The molecule has 6 nitrogen and oxygen atoms in total.